The first-order chi connectivity index (χ1) is 8.45. The predicted octanol–water partition coefficient (Wildman–Crippen LogP) is 4.74. The van der Waals surface area contributed by atoms with Gasteiger partial charge in [0.15, 0.2) is 5.69 Å². The number of rotatable bonds is 1. The second kappa shape index (κ2) is 5.21. The Bertz CT molecular complexity index is 661. The minimum atomic E-state index is -0.589. The van der Waals surface area contributed by atoms with Gasteiger partial charge in [0.25, 0.3) is 0 Å². The zero-order valence-corrected chi connectivity index (χ0v) is 12.8. The van der Waals surface area contributed by atoms with Crippen LogP contribution in [0.2, 0.25) is 15.1 Å². The number of fused-ring (bicyclic) bond motifs is 1. The van der Waals surface area contributed by atoms with Crippen molar-refractivity contribution in [2.45, 2.75) is 0 Å². The number of halogens is 4. The Kier molecular flexibility index (Phi) is 4.02. The topological polar surface area (TPSA) is 39.2 Å². The van der Waals surface area contributed by atoms with Gasteiger partial charge < -0.3 is 4.74 Å². The molecule has 7 heteroatoms. The fourth-order valence-electron chi connectivity index (χ4n) is 1.44. The minimum absolute atomic E-state index is 0.0790. The Labute approximate surface area is 126 Å². The molecule has 18 heavy (non-hydrogen) atoms. The summed E-state index contributed by atoms with van der Waals surface area (Å²) < 4.78 is 5.20. The van der Waals surface area contributed by atoms with Crippen LogP contribution in [0.3, 0.4) is 0 Å². The van der Waals surface area contributed by atoms with Crippen LogP contribution in [0.1, 0.15) is 10.5 Å². The smallest absolute Gasteiger partial charge is 0.356 e. The zero-order valence-electron chi connectivity index (χ0n) is 8.93. The lowest BCUT2D eigenvalue weighted by atomic mass is 10.2. The first-order valence-electron chi connectivity index (χ1n) is 4.67. The molecule has 0 radical (unpaired) electrons. The average molecular weight is 369 g/mol. The highest BCUT2D eigenvalue weighted by Crippen LogP contribution is 2.38. The van der Waals surface area contributed by atoms with Crippen molar-refractivity contribution in [2.75, 3.05) is 7.11 Å². The van der Waals surface area contributed by atoms with Crippen molar-refractivity contribution in [1.29, 1.82) is 0 Å². The molecule has 0 bridgehead atoms. The lowest BCUT2D eigenvalue weighted by Crippen LogP contribution is -2.04. The van der Waals surface area contributed by atoms with Crippen molar-refractivity contribution in [1.82, 2.24) is 4.98 Å². The van der Waals surface area contributed by atoms with Crippen LogP contribution in [0.25, 0.3) is 10.9 Å². The molecule has 3 nitrogen and oxygen atoms in total. The Morgan fingerprint density at radius 3 is 2.56 bits per heavy atom. The molecule has 0 atom stereocenters. The number of carbonyl (C=O) groups excluding carboxylic acids is 1. The second-order valence-corrected chi connectivity index (χ2v) is 5.38. The van der Waals surface area contributed by atoms with E-state index in [1.54, 1.807) is 6.07 Å². The number of benzene rings is 1. The number of carbonyl (C=O) groups is 1. The van der Waals surface area contributed by atoms with Crippen LogP contribution >= 0.6 is 50.7 Å². The highest BCUT2D eigenvalue weighted by atomic mass is 79.9. The maximum Gasteiger partial charge on any atom is 0.356 e. The summed E-state index contributed by atoms with van der Waals surface area (Å²) in [6, 6.07) is 3.12. The van der Waals surface area contributed by atoms with Crippen molar-refractivity contribution in [3.8, 4) is 0 Å². The van der Waals surface area contributed by atoms with Crippen molar-refractivity contribution in [3.05, 3.63) is 37.4 Å². The third-order valence-electron chi connectivity index (χ3n) is 2.28. The quantitative estimate of drug-likeness (QED) is 0.538. The fraction of sp³-hybridized carbons (Fsp3) is 0.0909. The van der Waals surface area contributed by atoms with E-state index in [0.717, 1.165) is 0 Å². The molecule has 0 amide bonds. The van der Waals surface area contributed by atoms with Gasteiger partial charge in [-0.15, -0.1) is 0 Å². The molecular weight excluding hydrogens is 364 g/mol. The van der Waals surface area contributed by atoms with Crippen molar-refractivity contribution < 1.29 is 9.53 Å². The molecule has 2 rings (SSSR count). The van der Waals surface area contributed by atoms with E-state index in [1.165, 1.54) is 13.2 Å². The number of ether oxygens (including phenoxy) is 1. The zero-order chi connectivity index (χ0) is 13.4. The maximum absolute atomic E-state index is 11.4. The number of aromatic nitrogens is 1. The molecule has 0 aliphatic heterocycles. The molecule has 0 fully saturated rings. The van der Waals surface area contributed by atoms with Gasteiger partial charge in [0.05, 0.1) is 27.7 Å². The number of nitrogens with zero attached hydrogens (tertiary/aromatic N) is 1. The summed E-state index contributed by atoms with van der Waals surface area (Å²) >= 11 is 21.4. The first-order valence-corrected chi connectivity index (χ1v) is 6.60. The molecular formula is C11H5BrCl3NO2. The molecule has 94 valence electrons. The summed E-state index contributed by atoms with van der Waals surface area (Å²) in [5.41, 5.74) is 0.438. The normalized spacial score (nSPS) is 10.7. The van der Waals surface area contributed by atoms with Crippen LogP contribution in [-0.2, 0) is 4.74 Å². The van der Waals surface area contributed by atoms with Gasteiger partial charge in [0.2, 0.25) is 0 Å². The molecule has 0 unspecified atom stereocenters. The maximum atomic E-state index is 11.4. The van der Waals surface area contributed by atoms with E-state index in [2.05, 4.69) is 25.7 Å². The van der Waals surface area contributed by atoms with Gasteiger partial charge in [-0.2, -0.15) is 0 Å². The lowest BCUT2D eigenvalue weighted by Gasteiger charge is -2.08. The Balaban J connectivity index is 2.83. The van der Waals surface area contributed by atoms with Crippen LogP contribution in [-0.4, -0.2) is 18.1 Å². The number of hydrogen-bond acceptors (Lipinski definition) is 3. The molecule has 1 heterocycles. The fourth-order valence-corrected chi connectivity index (χ4v) is 2.62. The van der Waals surface area contributed by atoms with Gasteiger partial charge in [-0.05, 0) is 28.1 Å². The van der Waals surface area contributed by atoms with Gasteiger partial charge in [0.1, 0.15) is 0 Å². The van der Waals surface area contributed by atoms with E-state index in [0.29, 0.717) is 25.4 Å². The predicted molar refractivity (Wildman–Crippen MR) is 75.8 cm³/mol. The highest BCUT2D eigenvalue weighted by Gasteiger charge is 2.16. The average Bonchev–Trinajstić information content (AvgIpc) is 2.36. The Hall–Kier alpha value is -0.550. The van der Waals surface area contributed by atoms with Crippen molar-refractivity contribution in [2.24, 2.45) is 0 Å². The standard InChI is InChI=1S/C11H5BrCl3NO2/c1-18-11(17)7-3-6(13)4-2-5(12)8(14)9(15)10(4)16-7/h2-3H,1H3. The van der Waals surface area contributed by atoms with Gasteiger partial charge in [-0.1, -0.05) is 34.8 Å². The second-order valence-electron chi connectivity index (χ2n) is 3.36. The molecule has 0 aliphatic rings. The molecule has 1 aromatic carbocycles. The molecule has 0 N–H and O–H groups in total. The highest BCUT2D eigenvalue weighted by molar-refractivity contribution is 9.10. The van der Waals surface area contributed by atoms with Crippen molar-refractivity contribution >= 4 is 67.6 Å². The third-order valence-corrected chi connectivity index (χ3v) is 4.31. The number of methoxy groups -OCH3 is 1. The Morgan fingerprint density at radius 1 is 1.28 bits per heavy atom. The van der Waals surface area contributed by atoms with E-state index in [4.69, 9.17) is 34.8 Å². The molecule has 0 spiro atoms. The van der Waals surface area contributed by atoms with Gasteiger partial charge in [-0.25, -0.2) is 9.78 Å². The summed E-state index contributed by atoms with van der Waals surface area (Å²) in [5.74, 6) is -0.589. The third kappa shape index (κ3) is 2.30. The SMILES string of the molecule is COC(=O)c1cc(Cl)c2cc(Br)c(Cl)c(Cl)c2n1. The van der Waals surface area contributed by atoms with E-state index in [9.17, 15) is 4.79 Å². The molecule has 0 saturated carbocycles. The summed E-state index contributed by atoms with van der Waals surface area (Å²) in [6.45, 7) is 0. The van der Waals surface area contributed by atoms with Crippen LogP contribution in [0, 0.1) is 0 Å². The van der Waals surface area contributed by atoms with Crippen LogP contribution in [0.15, 0.2) is 16.6 Å². The lowest BCUT2D eigenvalue weighted by molar-refractivity contribution is 0.0594. The molecule has 2 aromatic rings. The van der Waals surface area contributed by atoms with Crippen LogP contribution < -0.4 is 0 Å². The van der Waals surface area contributed by atoms with Gasteiger partial charge in [0, 0.05) is 9.86 Å². The van der Waals surface area contributed by atoms with E-state index in [-0.39, 0.29) is 10.7 Å². The molecule has 1 aromatic heterocycles. The largest absolute Gasteiger partial charge is 0.464 e. The molecule has 0 aliphatic carbocycles. The van der Waals surface area contributed by atoms with Crippen molar-refractivity contribution in [3.63, 3.8) is 0 Å². The Morgan fingerprint density at radius 2 is 1.94 bits per heavy atom. The summed E-state index contributed by atoms with van der Waals surface area (Å²) in [6.07, 6.45) is 0. The van der Waals surface area contributed by atoms with E-state index in [1.807, 2.05) is 0 Å². The first kappa shape index (κ1) is 13.9. The molecule has 0 saturated heterocycles. The van der Waals surface area contributed by atoms with E-state index >= 15 is 0 Å². The van der Waals surface area contributed by atoms with Gasteiger partial charge in [-0.3, -0.25) is 0 Å². The summed E-state index contributed by atoms with van der Waals surface area (Å²) in [4.78, 5) is 15.6. The van der Waals surface area contributed by atoms with E-state index < -0.39 is 5.97 Å². The summed E-state index contributed by atoms with van der Waals surface area (Å²) in [5, 5.41) is 1.49. The number of hydrogen-bond donors (Lipinski definition) is 0. The van der Waals surface area contributed by atoms with Crippen LogP contribution in [0.5, 0.6) is 0 Å². The number of esters is 1. The number of pyridine rings is 1. The monoisotopic (exact) mass is 367 g/mol. The van der Waals surface area contributed by atoms with Gasteiger partial charge >= 0.3 is 5.97 Å². The summed E-state index contributed by atoms with van der Waals surface area (Å²) in [7, 11) is 1.26. The minimum Gasteiger partial charge on any atom is -0.464 e. The van der Waals surface area contributed by atoms with Crippen LogP contribution in [0.4, 0.5) is 0 Å².